The van der Waals surface area contributed by atoms with Gasteiger partial charge in [-0.3, -0.25) is 9.69 Å². The van der Waals surface area contributed by atoms with Crippen LogP contribution in [0, 0.1) is 5.41 Å². The Morgan fingerprint density at radius 3 is 3.00 bits per heavy atom. The first-order chi connectivity index (χ1) is 9.02. The third-order valence-electron chi connectivity index (χ3n) is 3.89. The lowest BCUT2D eigenvalue weighted by atomic mass is 9.90. The highest BCUT2D eigenvalue weighted by atomic mass is 32.1. The summed E-state index contributed by atoms with van der Waals surface area (Å²) >= 11 is 1.69. The van der Waals surface area contributed by atoms with Crippen molar-refractivity contribution in [2.75, 3.05) is 33.2 Å². The van der Waals surface area contributed by atoms with Gasteiger partial charge in [0.25, 0.3) is 0 Å². The Balaban J connectivity index is 1.81. The van der Waals surface area contributed by atoms with Crippen molar-refractivity contribution in [3.63, 3.8) is 0 Å². The Kier molecular flexibility index (Phi) is 4.60. The summed E-state index contributed by atoms with van der Waals surface area (Å²) < 4.78 is 0. The second-order valence-corrected chi connectivity index (χ2v) is 6.84. The lowest BCUT2D eigenvalue weighted by Crippen LogP contribution is -2.38. The Morgan fingerprint density at radius 1 is 1.63 bits per heavy atom. The van der Waals surface area contributed by atoms with Crippen molar-refractivity contribution in [1.82, 2.24) is 9.80 Å². The van der Waals surface area contributed by atoms with Gasteiger partial charge in [-0.1, -0.05) is 13.0 Å². The molecule has 1 unspecified atom stereocenters. The van der Waals surface area contributed by atoms with Gasteiger partial charge in [-0.2, -0.15) is 0 Å². The van der Waals surface area contributed by atoms with Crippen molar-refractivity contribution in [1.29, 1.82) is 0 Å². The van der Waals surface area contributed by atoms with E-state index >= 15 is 0 Å². The third kappa shape index (κ3) is 3.78. The molecular formula is C14H23N3OS. The van der Waals surface area contributed by atoms with Crippen LogP contribution < -0.4 is 5.73 Å². The van der Waals surface area contributed by atoms with Crippen LogP contribution in [0.1, 0.15) is 18.2 Å². The van der Waals surface area contributed by atoms with Crippen molar-refractivity contribution in [2.45, 2.75) is 19.9 Å². The van der Waals surface area contributed by atoms with E-state index in [0.29, 0.717) is 19.6 Å². The highest BCUT2D eigenvalue weighted by Crippen LogP contribution is 2.28. The van der Waals surface area contributed by atoms with Gasteiger partial charge in [0.2, 0.25) is 5.91 Å². The van der Waals surface area contributed by atoms with Crippen LogP contribution >= 0.6 is 11.3 Å². The molecule has 0 spiro atoms. The zero-order chi connectivity index (χ0) is 13.9. The predicted molar refractivity (Wildman–Crippen MR) is 79.0 cm³/mol. The largest absolute Gasteiger partial charge is 0.340 e. The molecule has 106 valence electrons. The van der Waals surface area contributed by atoms with Crippen molar-refractivity contribution >= 4 is 17.2 Å². The highest BCUT2D eigenvalue weighted by molar-refractivity contribution is 7.09. The molecular weight excluding hydrogens is 258 g/mol. The van der Waals surface area contributed by atoms with Gasteiger partial charge in [0.15, 0.2) is 0 Å². The van der Waals surface area contributed by atoms with Gasteiger partial charge in [-0.15, -0.1) is 11.3 Å². The van der Waals surface area contributed by atoms with E-state index < -0.39 is 0 Å². The van der Waals surface area contributed by atoms with Gasteiger partial charge in [0.05, 0.1) is 13.1 Å². The highest BCUT2D eigenvalue weighted by Gasteiger charge is 2.33. The second-order valence-electron chi connectivity index (χ2n) is 5.80. The molecule has 0 aromatic carbocycles. The van der Waals surface area contributed by atoms with E-state index in [9.17, 15) is 4.79 Å². The summed E-state index contributed by atoms with van der Waals surface area (Å²) in [6, 6.07) is 4.08. The van der Waals surface area contributed by atoms with Crippen LogP contribution in [0.2, 0.25) is 0 Å². The molecule has 2 rings (SSSR count). The summed E-state index contributed by atoms with van der Waals surface area (Å²) in [7, 11) is 1.88. The number of thiophene rings is 1. The maximum atomic E-state index is 12.2. The number of carbonyl (C=O) groups is 1. The number of hydrogen-bond donors (Lipinski definition) is 1. The fourth-order valence-electron chi connectivity index (χ4n) is 2.46. The molecule has 0 saturated carbocycles. The molecule has 0 radical (unpaired) electrons. The molecule has 2 N–H and O–H groups in total. The monoisotopic (exact) mass is 281 g/mol. The average molecular weight is 281 g/mol. The predicted octanol–water partition coefficient (Wildman–Crippen LogP) is 1.38. The lowest BCUT2D eigenvalue weighted by Gasteiger charge is -2.24. The molecule has 1 saturated heterocycles. The zero-order valence-corrected chi connectivity index (χ0v) is 12.6. The molecule has 19 heavy (non-hydrogen) atoms. The first-order valence-electron chi connectivity index (χ1n) is 6.71. The SMILES string of the molecule is CN(Cc1cccs1)C(=O)CN1CCC(C)(CN)C1. The summed E-state index contributed by atoms with van der Waals surface area (Å²) in [4.78, 5) is 17.4. The van der Waals surface area contributed by atoms with E-state index in [1.165, 1.54) is 4.88 Å². The normalized spacial score (nSPS) is 23.7. The van der Waals surface area contributed by atoms with Gasteiger partial charge in [0, 0.05) is 18.5 Å². The molecule has 1 fully saturated rings. The van der Waals surface area contributed by atoms with Crippen LogP contribution in [-0.4, -0.2) is 48.9 Å². The molecule has 1 aliphatic heterocycles. The van der Waals surface area contributed by atoms with E-state index in [1.54, 1.807) is 11.3 Å². The smallest absolute Gasteiger partial charge is 0.236 e. The van der Waals surface area contributed by atoms with Crippen LogP contribution in [0.15, 0.2) is 17.5 Å². The molecule has 1 aromatic rings. The van der Waals surface area contributed by atoms with Crippen LogP contribution in [-0.2, 0) is 11.3 Å². The number of nitrogens with two attached hydrogens (primary N) is 1. The number of amides is 1. The van der Waals surface area contributed by atoms with E-state index in [2.05, 4.69) is 17.9 Å². The quantitative estimate of drug-likeness (QED) is 0.887. The summed E-state index contributed by atoms with van der Waals surface area (Å²) in [5, 5.41) is 2.04. The summed E-state index contributed by atoms with van der Waals surface area (Å²) in [6.07, 6.45) is 1.09. The van der Waals surface area contributed by atoms with E-state index in [-0.39, 0.29) is 11.3 Å². The minimum Gasteiger partial charge on any atom is -0.340 e. The van der Waals surface area contributed by atoms with Gasteiger partial charge < -0.3 is 10.6 Å². The number of likely N-dealkylation sites (tertiary alicyclic amines) is 1. The first-order valence-corrected chi connectivity index (χ1v) is 7.59. The average Bonchev–Trinajstić information content (AvgIpc) is 3.00. The van der Waals surface area contributed by atoms with E-state index in [4.69, 9.17) is 5.73 Å². The molecule has 1 amide bonds. The maximum absolute atomic E-state index is 12.2. The van der Waals surface area contributed by atoms with Crippen molar-refractivity contribution in [2.24, 2.45) is 11.1 Å². The molecule has 1 atom stereocenters. The van der Waals surface area contributed by atoms with Crippen LogP contribution in [0.5, 0.6) is 0 Å². The Labute approximate surface area is 119 Å². The van der Waals surface area contributed by atoms with Gasteiger partial charge in [0.1, 0.15) is 0 Å². The molecule has 4 nitrogen and oxygen atoms in total. The van der Waals surface area contributed by atoms with Crippen LogP contribution in [0.3, 0.4) is 0 Å². The van der Waals surface area contributed by atoms with Crippen molar-refractivity contribution < 1.29 is 4.79 Å². The third-order valence-corrected chi connectivity index (χ3v) is 4.75. The second kappa shape index (κ2) is 6.03. The number of carbonyl (C=O) groups excluding carboxylic acids is 1. The minimum atomic E-state index is 0.187. The minimum absolute atomic E-state index is 0.187. The number of rotatable bonds is 5. The van der Waals surface area contributed by atoms with E-state index in [1.807, 2.05) is 23.4 Å². The fourth-order valence-corrected chi connectivity index (χ4v) is 3.22. The standard InChI is InChI=1S/C14H23N3OS/c1-14(10-15)5-6-17(11-14)9-13(18)16(2)8-12-4-3-7-19-12/h3-4,7H,5-6,8-11,15H2,1-2H3. The van der Waals surface area contributed by atoms with Crippen molar-refractivity contribution in [3.8, 4) is 0 Å². The zero-order valence-electron chi connectivity index (χ0n) is 11.8. The van der Waals surface area contributed by atoms with Crippen LogP contribution in [0.25, 0.3) is 0 Å². The van der Waals surface area contributed by atoms with Gasteiger partial charge >= 0.3 is 0 Å². The lowest BCUT2D eigenvalue weighted by molar-refractivity contribution is -0.131. The van der Waals surface area contributed by atoms with Gasteiger partial charge in [-0.25, -0.2) is 0 Å². The van der Waals surface area contributed by atoms with Gasteiger partial charge in [-0.05, 0) is 36.4 Å². The van der Waals surface area contributed by atoms with Crippen LogP contribution in [0.4, 0.5) is 0 Å². The first kappa shape index (κ1) is 14.5. The maximum Gasteiger partial charge on any atom is 0.236 e. The molecule has 2 heterocycles. The number of hydrogen-bond acceptors (Lipinski definition) is 4. The molecule has 5 heteroatoms. The Bertz CT molecular complexity index is 420. The molecule has 1 aliphatic rings. The molecule has 0 aliphatic carbocycles. The van der Waals surface area contributed by atoms with E-state index in [0.717, 1.165) is 19.5 Å². The summed E-state index contributed by atoms with van der Waals surface area (Å²) in [5.41, 5.74) is 5.98. The topological polar surface area (TPSA) is 49.6 Å². The Morgan fingerprint density at radius 2 is 2.42 bits per heavy atom. The van der Waals surface area contributed by atoms with Crippen molar-refractivity contribution in [3.05, 3.63) is 22.4 Å². The number of nitrogens with zero attached hydrogens (tertiary/aromatic N) is 2. The fraction of sp³-hybridized carbons (Fsp3) is 0.643. The summed E-state index contributed by atoms with van der Waals surface area (Å²) in [6.45, 7) is 6.03. The Hall–Kier alpha value is -0.910. The summed E-state index contributed by atoms with van der Waals surface area (Å²) in [5.74, 6) is 0.190. The number of likely N-dealkylation sites (N-methyl/N-ethyl adjacent to an activating group) is 1. The molecule has 1 aromatic heterocycles. The molecule has 0 bridgehead atoms.